The SMILES string of the molecule is C/N=C(C)\C=C(\COC)Oc1ccc(C)cc1. The highest BCUT2D eigenvalue weighted by Crippen LogP contribution is 2.15. The van der Waals surface area contributed by atoms with Gasteiger partial charge >= 0.3 is 0 Å². The van der Waals surface area contributed by atoms with E-state index >= 15 is 0 Å². The molecule has 0 spiro atoms. The molecule has 0 amide bonds. The number of ether oxygens (including phenoxy) is 2. The number of allylic oxidation sites excluding steroid dienone is 1. The van der Waals surface area contributed by atoms with E-state index in [2.05, 4.69) is 4.99 Å². The molecule has 0 saturated heterocycles. The molecule has 1 aromatic rings. The summed E-state index contributed by atoms with van der Waals surface area (Å²) in [6.45, 7) is 4.40. The van der Waals surface area contributed by atoms with Crippen LogP contribution >= 0.6 is 0 Å². The topological polar surface area (TPSA) is 30.8 Å². The number of rotatable bonds is 5. The lowest BCUT2D eigenvalue weighted by Crippen LogP contribution is -2.05. The summed E-state index contributed by atoms with van der Waals surface area (Å²) < 4.78 is 10.8. The molecule has 1 aromatic carbocycles. The fraction of sp³-hybridized carbons (Fsp3) is 0.357. The van der Waals surface area contributed by atoms with Gasteiger partial charge in [0.25, 0.3) is 0 Å². The van der Waals surface area contributed by atoms with Crippen molar-refractivity contribution >= 4 is 5.71 Å². The van der Waals surface area contributed by atoms with Crippen LogP contribution in [0.1, 0.15) is 12.5 Å². The fourth-order valence-electron chi connectivity index (χ4n) is 1.30. The molecule has 0 aliphatic heterocycles. The maximum absolute atomic E-state index is 5.74. The largest absolute Gasteiger partial charge is 0.459 e. The second-order valence-corrected chi connectivity index (χ2v) is 3.82. The second kappa shape index (κ2) is 6.86. The molecule has 0 N–H and O–H groups in total. The first-order valence-electron chi connectivity index (χ1n) is 5.53. The normalized spacial score (nSPS) is 12.7. The Bertz CT molecular complexity index is 405. The third kappa shape index (κ3) is 4.83. The zero-order valence-electron chi connectivity index (χ0n) is 10.9. The number of hydrogen-bond donors (Lipinski definition) is 0. The van der Waals surface area contributed by atoms with Gasteiger partial charge in [0.1, 0.15) is 18.1 Å². The average molecular weight is 233 g/mol. The van der Waals surface area contributed by atoms with Gasteiger partial charge in [0, 0.05) is 19.9 Å². The van der Waals surface area contributed by atoms with E-state index in [9.17, 15) is 0 Å². The Kier molecular flexibility index (Phi) is 5.43. The van der Waals surface area contributed by atoms with Crippen molar-refractivity contribution in [3.8, 4) is 5.75 Å². The van der Waals surface area contributed by atoms with Gasteiger partial charge in [-0.05, 0) is 32.1 Å². The van der Waals surface area contributed by atoms with E-state index in [1.807, 2.05) is 44.2 Å². The number of nitrogens with zero attached hydrogens (tertiary/aromatic N) is 1. The molecule has 0 fully saturated rings. The summed E-state index contributed by atoms with van der Waals surface area (Å²) in [4.78, 5) is 4.07. The quantitative estimate of drug-likeness (QED) is 0.578. The van der Waals surface area contributed by atoms with E-state index in [-0.39, 0.29) is 0 Å². The van der Waals surface area contributed by atoms with Crippen molar-refractivity contribution in [2.75, 3.05) is 20.8 Å². The van der Waals surface area contributed by atoms with Gasteiger partial charge in [0.05, 0.1) is 0 Å². The molecule has 0 heterocycles. The summed E-state index contributed by atoms with van der Waals surface area (Å²) in [5, 5.41) is 0. The van der Waals surface area contributed by atoms with Crippen LogP contribution in [-0.4, -0.2) is 26.5 Å². The number of aliphatic imine (C=N–C) groups is 1. The lowest BCUT2D eigenvalue weighted by molar-refractivity contribution is 0.189. The lowest BCUT2D eigenvalue weighted by Gasteiger charge is -2.09. The Hall–Kier alpha value is -1.61. The van der Waals surface area contributed by atoms with Crippen LogP contribution in [0.15, 0.2) is 41.1 Å². The minimum absolute atomic E-state index is 0.431. The van der Waals surface area contributed by atoms with Crippen molar-refractivity contribution in [2.45, 2.75) is 13.8 Å². The van der Waals surface area contributed by atoms with Crippen molar-refractivity contribution < 1.29 is 9.47 Å². The molecule has 0 radical (unpaired) electrons. The van der Waals surface area contributed by atoms with Crippen LogP contribution in [0.5, 0.6) is 5.75 Å². The Morgan fingerprint density at radius 3 is 2.47 bits per heavy atom. The summed E-state index contributed by atoms with van der Waals surface area (Å²) in [6.07, 6.45) is 1.88. The maximum Gasteiger partial charge on any atom is 0.132 e. The van der Waals surface area contributed by atoms with Crippen LogP contribution in [-0.2, 0) is 4.74 Å². The molecular weight excluding hydrogens is 214 g/mol. The Balaban J connectivity index is 2.80. The molecule has 0 aliphatic carbocycles. The third-order valence-electron chi connectivity index (χ3n) is 2.28. The van der Waals surface area contributed by atoms with Crippen LogP contribution in [0.3, 0.4) is 0 Å². The molecule has 17 heavy (non-hydrogen) atoms. The molecule has 3 heteroatoms. The van der Waals surface area contributed by atoms with Gasteiger partial charge in [0.2, 0.25) is 0 Å². The Morgan fingerprint density at radius 1 is 1.29 bits per heavy atom. The molecule has 1 rings (SSSR count). The molecule has 92 valence electrons. The van der Waals surface area contributed by atoms with Gasteiger partial charge < -0.3 is 9.47 Å². The molecule has 0 unspecified atom stereocenters. The summed E-state index contributed by atoms with van der Waals surface area (Å²) in [5.41, 5.74) is 2.12. The zero-order chi connectivity index (χ0) is 12.7. The van der Waals surface area contributed by atoms with Crippen LogP contribution in [0.4, 0.5) is 0 Å². The lowest BCUT2D eigenvalue weighted by atomic mass is 10.2. The van der Waals surface area contributed by atoms with Crippen molar-refractivity contribution in [3.63, 3.8) is 0 Å². The molecule has 0 bridgehead atoms. The predicted octanol–water partition coefficient (Wildman–Crippen LogP) is 2.99. The van der Waals surface area contributed by atoms with Crippen LogP contribution < -0.4 is 4.74 Å². The Labute approximate surface area is 103 Å². The summed E-state index contributed by atoms with van der Waals surface area (Å²) in [5.74, 6) is 1.56. The highest BCUT2D eigenvalue weighted by molar-refractivity contribution is 5.93. The van der Waals surface area contributed by atoms with Crippen LogP contribution in [0, 0.1) is 6.92 Å². The van der Waals surface area contributed by atoms with E-state index in [0.29, 0.717) is 6.61 Å². The summed E-state index contributed by atoms with van der Waals surface area (Å²) >= 11 is 0. The molecule has 0 aromatic heterocycles. The van der Waals surface area contributed by atoms with Gasteiger partial charge in [0.15, 0.2) is 0 Å². The predicted molar refractivity (Wildman–Crippen MR) is 70.8 cm³/mol. The van der Waals surface area contributed by atoms with E-state index in [0.717, 1.165) is 17.2 Å². The summed E-state index contributed by atoms with van der Waals surface area (Å²) in [7, 11) is 3.40. The highest BCUT2D eigenvalue weighted by Gasteiger charge is 2.01. The molecule has 0 saturated carbocycles. The van der Waals surface area contributed by atoms with Crippen LogP contribution in [0.2, 0.25) is 0 Å². The second-order valence-electron chi connectivity index (χ2n) is 3.82. The molecule has 0 aliphatic rings. The third-order valence-corrected chi connectivity index (χ3v) is 2.28. The minimum Gasteiger partial charge on any atom is -0.459 e. The van der Waals surface area contributed by atoms with E-state index < -0.39 is 0 Å². The smallest absolute Gasteiger partial charge is 0.132 e. The molecule has 3 nitrogen and oxygen atoms in total. The highest BCUT2D eigenvalue weighted by atomic mass is 16.5. The number of hydrogen-bond acceptors (Lipinski definition) is 3. The monoisotopic (exact) mass is 233 g/mol. The van der Waals surface area contributed by atoms with Crippen molar-refractivity contribution in [3.05, 3.63) is 41.7 Å². The van der Waals surface area contributed by atoms with E-state index in [1.165, 1.54) is 5.56 Å². The van der Waals surface area contributed by atoms with Crippen molar-refractivity contribution in [2.24, 2.45) is 4.99 Å². The first kappa shape index (κ1) is 13.5. The fourth-order valence-corrected chi connectivity index (χ4v) is 1.30. The van der Waals surface area contributed by atoms with Crippen LogP contribution in [0.25, 0.3) is 0 Å². The van der Waals surface area contributed by atoms with Gasteiger partial charge in [-0.15, -0.1) is 0 Å². The first-order chi connectivity index (χ1) is 8.15. The maximum atomic E-state index is 5.74. The molecule has 0 atom stereocenters. The average Bonchev–Trinajstić information content (AvgIpc) is 2.32. The summed E-state index contributed by atoms with van der Waals surface area (Å²) in [6, 6.07) is 7.91. The van der Waals surface area contributed by atoms with E-state index in [4.69, 9.17) is 9.47 Å². The first-order valence-corrected chi connectivity index (χ1v) is 5.53. The van der Waals surface area contributed by atoms with Crippen molar-refractivity contribution in [1.82, 2.24) is 0 Å². The van der Waals surface area contributed by atoms with Gasteiger partial charge in [-0.2, -0.15) is 0 Å². The zero-order valence-corrected chi connectivity index (χ0v) is 10.9. The van der Waals surface area contributed by atoms with Gasteiger partial charge in [-0.3, -0.25) is 4.99 Å². The van der Waals surface area contributed by atoms with E-state index in [1.54, 1.807) is 14.2 Å². The number of methoxy groups -OCH3 is 1. The molecular formula is C14H19NO2. The standard InChI is InChI=1S/C14H19NO2/c1-11-5-7-13(8-6-11)17-14(10-16-4)9-12(2)15-3/h5-9H,10H2,1-4H3/b14-9-,15-12-. The van der Waals surface area contributed by atoms with Crippen molar-refractivity contribution in [1.29, 1.82) is 0 Å². The number of benzene rings is 1. The van der Waals surface area contributed by atoms with Gasteiger partial charge in [-0.25, -0.2) is 0 Å². The minimum atomic E-state index is 0.431. The number of aryl methyl sites for hydroxylation is 1. The Morgan fingerprint density at radius 2 is 1.94 bits per heavy atom. The van der Waals surface area contributed by atoms with Gasteiger partial charge in [-0.1, -0.05) is 17.7 Å².